The van der Waals surface area contributed by atoms with Crippen molar-refractivity contribution in [2.75, 3.05) is 6.54 Å². The van der Waals surface area contributed by atoms with Crippen molar-refractivity contribution in [3.05, 3.63) is 0 Å². The van der Waals surface area contributed by atoms with Crippen molar-refractivity contribution in [2.24, 2.45) is 17.1 Å². The molecule has 3 N–H and O–H groups in total. The molecule has 2 saturated carbocycles. The topological polar surface area (TPSA) is 55.1 Å². The first kappa shape index (κ1) is 13.9. The number of nitrogens with one attached hydrogen (secondary N) is 1. The van der Waals surface area contributed by atoms with Crippen molar-refractivity contribution in [1.29, 1.82) is 0 Å². The lowest BCUT2D eigenvalue weighted by molar-refractivity contribution is -0.124. The minimum absolute atomic E-state index is 0.0988. The SMILES string of the molecule is CC(CC1CC1)NC(=O)CC1(CN)CCCCC1. The molecule has 0 aliphatic heterocycles. The second-order valence-corrected chi connectivity index (χ2v) is 6.59. The molecule has 18 heavy (non-hydrogen) atoms. The van der Waals surface area contributed by atoms with Crippen LogP contribution in [-0.2, 0) is 4.79 Å². The molecule has 0 heterocycles. The lowest BCUT2D eigenvalue weighted by Gasteiger charge is -2.36. The van der Waals surface area contributed by atoms with Gasteiger partial charge < -0.3 is 11.1 Å². The third-order valence-electron chi connectivity index (χ3n) is 4.67. The summed E-state index contributed by atoms with van der Waals surface area (Å²) in [7, 11) is 0. The van der Waals surface area contributed by atoms with E-state index < -0.39 is 0 Å². The molecule has 2 rings (SSSR count). The fraction of sp³-hybridized carbons (Fsp3) is 0.933. The van der Waals surface area contributed by atoms with Crippen molar-refractivity contribution in [3.63, 3.8) is 0 Å². The minimum Gasteiger partial charge on any atom is -0.354 e. The van der Waals surface area contributed by atoms with Crippen LogP contribution in [0, 0.1) is 11.3 Å². The van der Waals surface area contributed by atoms with E-state index in [1.54, 1.807) is 0 Å². The van der Waals surface area contributed by atoms with Crippen LogP contribution in [0.2, 0.25) is 0 Å². The molecule has 104 valence electrons. The summed E-state index contributed by atoms with van der Waals surface area (Å²) in [4.78, 5) is 12.1. The van der Waals surface area contributed by atoms with Gasteiger partial charge in [-0.3, -0.25) is 4.79 Å². The highest BCUT2D eigenvalue weighted by Gasteiger charge is 2.33. The van der Waals surface area contributed by atoms with Crippen molar-refractivity contribution >= 4 is 5.91 Å². The Labute approximate surface area is 111 Å². The number of nitrogens with two attached hydrogens (primary N) is 1. The third-order valence-corrected chi connectivity index (χ3v) is 4.67. The Morgan fingerprint density at radius 2 is 2.00 bits per heavy atom. The summed E-state index contributed by atoms with van der Waals surface area (Å²) in [5.74, 6) is 1.09. The molecule has 1 atom stereocenters. The van der Waals surface area contributed by atoms with E-state index in [1.807, 2.05) is 0 Å². The van der Waals surface area contributed by atoms with E-state index in [9.17, 15) is 4.79 Å². The zero-order valence-corrected chi connectivity index (χ0v) is 11.7. The van der Waals surface area contributed by atoms with Crippen LogP contribution in [0.1, 0.15) is 64.7 Å². The van der Waals surface area contributed by atoms with Gasteiger partial charge >= 0.3 is 0 Å². The number of hydrogen-bond donors (Lipinski definition) is 2. The number of rotatable bonds is 6. The van der Waals surface area contributed by atoms with Crippen LogP contribution in [-0.4, -0.2) is 18.5 Å². The number of carbonyl (C=O) groups is 1. The average molecular weight is 252 g/mol. The molecule has 0 spiro atoms. The van der Waals surface area contributed by atoms with Crippen molar-refractivity contribution < 1.29 is 4.79 Å². The van der Waals surface area contributed by atoms with Gasteiger partial charge in [-0.25, -0.2) is 0 Å². The monoisotopic (exact) mass is 252 g/mol. The number of carbonyl (C=O) groups excluding carboxylic acids is 1. The summed E-state index contributed by atoms with van der Waals surface area (Å²) in [5, 5.41) is 3.16. The maximum Gasteiger partial charge on any atom is 0.220 e. The maximum atomic E-state index is 12.1. The van der Waals surface area contributed by atoms with Gasteiger partial charge in [0.15, 0.2) is 0 Å². The van der Waals surface area contributed by atoms with Gasteiger partial charge in [-0.05, 0) is 44.1 Å². The van der Waals surface area contributed by atoms with Crippen molar-refractivity contribution in [2.45, 2.75) is 70.8 Å². The fourth-order valence-corrected chi connectivity index (χ4v) is 3.33. The van der Waals surface area contributed by atoms with Gasteiger partial charge in [-0.1, -0.05) is 32.1 Å². The summed E-state index contributed by atoms with van der Waals surface area (Å²) in [6, 6.07) is 0.336. The molecule has 0 radical (unpaired) electrons. The molecule has 0 bridgehead atoms. The Morgan fingerprint density at radius 3 is 2.56 bits per heavy atom. The van der Waals surface area contributed by atoms with Crippen LogP contribution < -0.4 is 11.1 Å². The van der Waals surface area contributed by atoms with Crippen LogP contribution in [0.3, 0.4) is 0 Å². The summed E-state index contributed by atoms with van der Waals surface area (Å²) < 4.78 is 0. The number of hydrogen-bond acceptors (Lipinski definition) is 2. The predicted octanol–water partition coefficient (Wildman–Crippen LogP) is 2.59. The maximum absolute atomic E-state index is 12.1. The van der Waals surface area contributed by atoms with Crippen molar-refractivity contribution in [3.8, 4) is 0 Å². The van der Waals surface area contributed by atoms with E-state index in [2.05, 4.69) is 12.2 Å². The highest BCUT2D eigenvalue weighted by Crippen LogP contribution is 2.38. The van der Waals surface area contributed by atoms with E-state index in [1.165, 1.54) is 32.1 Å². The lowest BCUT2D eigenvalue weighted by Crippen LogP contribution is -2.41. The third kappa shape index (κ3) is 3.98. The molecule has 1 amide bonds. The van der Waals surface area contributed by atoms with Crippen LogP contribution in [0.5, 0.6) is 0 Å². The van der Waals surface area contributed by atoms with E-state index in [0.717, 1.165) is 25.2 Å². The number of amides is 1. The molecule has 2 aliphatic carbocycles. The minimum atomic E-state index is 0.0988. The lowest BCUT2D eigenvalue weighted by atomic mass is 9.71. The van der Waals surface area contributed by atoms with E-state index in [4.69, 9.17) is 5.73 Å². The first-order valence-corrected chi connectivity index (χ1v) is 7.63. The highest BCUT2D eigenvalue weighted by molar-refractivity contribution is 5.77. The Morgan fingerprint density at radius 1 is 1.33 bits per heavy atom. The quantitative estimate of drug-likeness (QED) is 0.763. The Hall–Kier alpha value is -0.570. The predicted molar refractivity (Wildman–Crippen MR) is 74.1 cm³/mol. The Balaban J connectivity index is 1.76. The molecule has 0 aromatic carbocycles. The summed E-state index contributed by atoms with van der Waals surface area (Å²) in [6.07, 6.45) is 10.5. The molecule has 0 aromatic heterocycles. The Kier molecular flexibility index (Phi) is 4.66. The zero-order chi connectivity index (χ0) is 13.0. The molecule has 1 unspecified atom stereocenters. The normalized spacial score (nSPS) is 24.6. The molecular formula is C15H28N2O. The molecule has 2 fully saturated rings. The zero-order valence-electron chi connectivity index (χ0n) is 11.7. The van der Waals surface area contributed by atoms with Crippen LogP contribution in [0.4, 0.5) is 0 Å². The smallest absolute Gasteiger partial charge is 0.220 e. The molecule has 0 saturated heterocycles. The second-order valence-electron chi connectivity index (χ2n) is 6.59. The van der Waals surface area contributed by atoms with Crippen LogP contribution in [0.25, 0.3) is 0 Å². The molecule has 0 aromatic rings. The standard InChI is InChI=1S/C15H28N2O/c1-12(9-13-5-6-13)17-14(18)10-15(11-16)7-3-2-4-8-15/h12-13H,2-11,16H2,1H3,(H,17,18). The summed E-state index contributed by atoms with van der Waals surface area (Å²) in [5.41, 5.74) is 6.03. The fourth-order valence-electron chi connectivity index (χ4n) is 3.33. The van der Waals surface area contributed by atoms with Gasteiger partial charge in [-0.15, -0.1) is 0 Å². The summed E-state index contributed by atoms with van der Waals surface area (Å²) in [6.45, 7) is 2.80. The van der Waals surface area contributed by atoms with Crippen LogP contribution >= 0.6 is 0 Å². The van der Waals surface area contributed by atoms with E-state index in [0.29, 0.717) is 19.0 Å². The Bertz CT molecular complexity index is 280. The van der Waals surface area contributed by atoms with Gasteiger partial charge in [0.05, 0.1) is 0 Å². The van der Waals surface area contributed by atoms with Crippen LogP contribution in [0.15, 0.2) is 0 Å². The van der Waals surface area contributed by atoms with Crippen molar-refractivity contribution in [1.82, 2.24) is 5.32 Å². The highest BCUT2D eigenvalue weighted by atomic mass is 16.1. The molecule has 3 nitrogen and oxygen atoms in total. The van der Waals surface area contributed by atoms with Gasteiger partial charge in [0, 0.05) is 12.5 Å². The van der Waals surface area contributed by atoms with Gasteiger partial charge in [0.2, 0.25) is 5.91 Å². The second kappa shape index (κ2) is 6.05. The largest absolute Gasteiger partial charge is 0.354 e. The van der Waals surface area contributed by atoms with Gasteiger partial charge in [-0.2, -0.15) is 0 Å². The van der Waals surface area contributed by atoms with Gasteiger partial charge in [0.1, 0.15) is 0 Å². The molecule has 2 aliphatic rings. The van der Waals surface area contributed by atoms with E-state index in [-0.39, 0.29) is 11.3 Å². The first-order valence-electron chi connectivity index (χ1n) is 7.63. The molecule has 3 heteroatoms. The first-order chi connectivity index (χ1) is 8.63. The molecular weight excluding hydrogens is 224 g/mol. The van der Waals surface area contributed by atoms with Gasteiger partial charge in [0.25, 0.3) is 0 Å². The summed E-state index contributed by atoms with van der Waals surface area (Å²) >= 11 is 0. The van der Waals surface area contributed by atoms with E-state index >= 15 is 0 Å². The average Bonchev–Trinajstić information content (AvgIpc) is 3.13.